The molecule has 1 aliphatic heterocycles. The van der Waals surface area contributed by atoms with Crippen molar-refractivity contribution in [1.82, 2.24) is 0 Å². The molecule has 1 atom stereocenters. The van der Waals surface area contributed by atoms with Gasteiger partial charge in [0, 0.05) is 10.7 Å². The van der Waals surface area contributed by atoms with E-state index < -0.39 is 0 Å². The molecular weight excluding hydrogens is 426 g/mol. The summed E-state index contributed by atoms with van der Waals surface area (Å²) in [6, 6.07) is 11.2. The molecule has 1 fully saturated rings. The Morgan fingerprint density at radius 2 is 2.04 bits per heavy atom. The fraction of sp³-hybridized carbons (Fsp3) is 0.278. The number of hydrogen-bond donors (Lipinski definition) is 0. The van der Waals surface area contributed by atoms with Crippen LogP contribution in [0, 0.1) is 0 Å². The summed E-state index contributed by atoms with van der Waals surface area (Å²) in [6.07, 6.45) is 0. The van der Waals surface area contributed by atoms with Crippen molar-refractivity contribution in [3.63, 3.8) is 0 Å². The number of anilines is 1. The summed E-state index contributed by atoms with van der Waals surface area (Å²) < 4.78 is 11.9. The summed E-state index contributed by atoms with van der Waals surface area (Å²) in [4.78, 5) is 14.3. The Balaban J connectivity index is 2.02. The molecule has 1 heterocycles. The number of amides is 1. The molecule has 132 valence electrons. The van der Waals surface area contributed by atoms with Crippen molar-refractivity contribution < 1.29 is 14.3 Å². The summed E-state index contributed by atoms with van der Waals surface area (Å²) in [6.45, 7) is 2.46. The van der Waals surface area contributed by atoms with Gasteiger partial charge in [-0.05, 0) is 64.8 Å². The van der Waals surface area contributed by atoms with Crippen LogP contribution in [0.15, 0.2) is 40.9 Å². The highest BCUT2D eigenvalue weighted by Gasteiger charge is 2.35. The molecule has 0 N–H and O–H groups in total. The largest absolute Gasteiger partial charge is 0.492 e. The summed E-state index contributed by atoms with van der Waals surface area (Å²) >= 11 is 11.1. The maximum absolute atomic E-state index is 12.5. The third-order valence-electron chi connectivity index (χ3n) is 3.79. The number of halogens is 2. The first-order valence-corrected chi connectivity index (χ1v) is 9.96. The lowest BCUT2D eigenvalue weighted by Crippen LogP contribution is -2.27. The third kappa shape index (κ3) is 3.76. The van der Waals surface area contributed by atoms with E-state index >= 15 is 0 Å². The molecule has 0 radical (unpaired) electrons. The average molecular weight is 443 g/mol. The van der Waals surface area contributed by atoms with E-state index in [9.17, 15) is 4.79 Å². The highest BCUT2D eigenvalue weighted by atomic mass is 79.9. The molecule has 25 heavy (non-hydrogen) atoms. The molecule has 4 nitrogen and oxygen atoms in total. The monoisotopic (exact) mass is 441 g/mol. The van der Waals surface area contributed by atoms with Gasteiger partial charge in [-0.3, -0.25) is 9.69 Å². The SMILES string of the molecule is CCOc1cc([C@@H]2SCC(=O)N2c2ccc(Cl)cc2)cc(Br)c1OC. The molecule has 1 amide bonds. The molecule has 0 bridgehead atoms. The molecule has 0 aromatic heterocycles. The van der Waals surface area contributed by atoms with Crippen LogP contribution in [0.1, 0.15) is 17.9 Å². The molecule has 1 saturated heterocycles. The van der Waals surface area contributed by atoms with Gasteiger partial charge in [-0.25, -0.2) is 0 Å². The van der Waals surface area contributed by atoms with Crippen LogP contribution in [0.5, 0.6) is 11.5 Å². The summed E-state index contributed by atoms with van der Waals surface area (Å²) in [7, 11) is 1.61. The highest BCUT2D eigenvalue weighted by molar-refractivity contribution is 9.10. The van der Waals surface area contributed by atoms with Crippen LogP contribution >= 0.6 is 39.3 Å². The van der Waals surface area contributed by atoms with Gasteiger partial charge in [0.15, 0.2) is 11.5 Å². The van der Waals surface area contributed by atoms with Gasteiger partial charge in [0.25, 0.3) is 0 Å². The Labute approximate surface area is 164 Å². The zero-order valence-electron chi connectivity index (χ0n) is 13.8. The van der Waals surface area contributed by atoms with E-state index in [4.69, 9.17) is 21.1 Å². The minimum Gasteiger partial charge on any atom is -0.492 e. The topological polar surface area (TPSA) is 38.8 Å². The second kappa shape index (κ2) is 7.89. The van der Waals surface area contributed by atoms with Gasteiger partial charge in [0.05, 0.1) is 23.9 Å². The van der Waals surface area contributed by atoms with Crippen molar-refractivity contribution in [2.24, 2.45) is 0 Å². The van der Waals surface area contributed by atoms with Crippen LogP contribution in [0.4, 0.5) is 5.69 Å². The van der Waals surface area contributed by atoms with Crippen molar-refractivity contribution in [3.8, 4) is 11.5 Å². The molecule has 0 spiro atoms. The van der Waals surface area contributed by atoms with Crippen LogP contribution in [0.3, 0.4) is 0 Å². The van der Waals surface area contributed by atoms with Gasteiger partial charge in [-0.1, -0.05) is 11.6 Å². The van der Waals surface area contributed by atoms with E-state index in [2.05, 4.69) is 15.9 Å². The third-order valence-corrected chi connectivity index (χ3v) is 5.85. The van der Waals surface area contributed by atoms with Gasteiger partial charge >= 0.3 is 0 Å². The summed E-state index contributed by atoms with van der Waals surface area (Å²) in [5.41, 5.74) is 1.80. The van der Waals surface area contributed by atoms with Crippen LogP contribution in [0.2, 0.25) is 5.02 Å². The van der Waals surface area contributed by atoms with Crippen molar-refractivity contribution >= 4 is 50.9 Å². The first-order chi connectivity index (χ1) is 12.0. The Morgan fingerprint density at radius 3 is 2.68 bits per heavy atom. The van der Waals surface area contributed by atoms with E-state index in [-0.39, 0.29) is 11.3 Å². The molecule has 3 rings (SSSR count). The second-order valence-electron chi connectivity index (χ2n) is 5.37. The van der Waals surface area contributed by atoms with Crippen molar-refractivity contribution in [1.29, 1.82) is 0 Å². The number of benzene rings is 2. The van der Waals surface area contributed by atoms with Crippen molar-refractivity contribution in [2.45, 2.75) is 12.3 Å². The van der Waals surface area contributed by atoms with Gasteiger partial charge in [0.2, 0.25) is 5.91 Å². The Bertz CT molecular complexity index is 785. The zero-order valence-corrected chi connectivity index (χ0v) is 17.0. The van der Waals surface area contributed by atoms with Crippen LogP contribution in [-0.2, 0) is 4.79 Å². The molecule has 2 aromatic carbocycles. The Hall–Kier alpha value is -1.37. The molecular formula is C18H17BrClNO3S. The Kier molecular flexibility index (Phi) is 5.81. The van der Waals surface area contributed by atoms with Gasteiger partial charge in [0.1, 0.15) is 5.37 Å². The van der Waals surface area contributed by atoms with E-state index in [1.54, 1.807) is 35.9 Å². The molecule has 0 saturated carbocycles. The van der Waals surface area contributed by atoms with E-state index in [0.29, 0.717) is 28.9 Å². The average Bonchev–Trinajstić information content (AvgIpc) is 2.97. The fourth-order valence-corrected chi connectivity index (χ4v) is 4.65. The number of carbonyl (C=O) groups is 1. The number of rotatable bonds is 5. The normalized spacial score (nSPS) is 17.0. The number of methoxy groups -OCH3 is 1. The first kappa shape index (κ1) is 18.4. The highest BCUT2D eigenvalue weighted by Crippen LogP contribution is 2.46. The molecule has 1 aliphatic rings. The van der Waals surface area contributed by atoms with Crippen LogP contribution in [-0.4, -0.2) is 25.4 Å². The molecule has 2 aromatic rings. The van der Waals surface area contributed by atoms with E-state index in [1.807, 2.05) is 31.2 Å². The molecule has 0 aliphatic carbocycles. The smallest absolute Gasteiger partial charge is 0.238 e. The minimum atomic E-state index is -0.130. The number of thioether (sulfide) groups is 1. The predicted octanol–water partition coefficient (Wildman–Crippen LogP) is 5.29. The Morgan fingerprint density at radius 1 is 1.32 bits per heavy atom. The lowest BCUT2D eigenvalue weighted by atomic mass is 10.1. The minimum absolute atomic E-state index is 0.0715. The quantitative estimate of drug-likeness (QED) is 0.631. The predicted molar refractivity (Wildman–Crippen MR) is 106 cm³/mol. The maximum Gasteiger partial charge on any atom is 0.238 e. The molecule has 7 heteroatoms. The van der Waals surface area contributed by atoms with E-state index in [1.165, 1.54) is 0 Å². The fourth-order valence-electron chi connectivity index (χ4n) is 2.74. The van der Waals surface area contributed by atoms with Gasteiger partial charge in [-0.15, -0.1) is 11.8 Å². The van der Waals surface area contributed by atoms with Crippen molar-refractivity contribution in [2.75, 3.05) is 24.4 Å². The number of nitrogens with zero attached hydrogens (tertiary/aromatic N) is 1. The standard InChI is InChI=1S/C18H17BrClNO3S/c1-3-24-15-9-11(8-14(19)17(15)23-2)18-21(16(22)10-25-18)13-6-4-12(20)5-7-13/h4-9,18H,3,10H2,1-2H3/t18-/m0/s1. The maximum atomic E-state index is 12.5. The summed E-state index contributed by atoms with van der Waals surface area (Å²) in [5, 5.41) is 0.514. The summed E-state index contributed by atoms with van der Waals surface area (Å²) in [5.74, 6) is 1.81. The number of hydrogen-bond acceptors (Lipinski definition) is 4. The van der Waals surface area contributed by atoms with Gasteiger partial charge < -0.3 is 9.47 Å². The van der Waals surface area contributed by atoms with E-state index in [0.717, 1.165) is 15.7 Å². The number of carbonyl (C=O) groups excluding carboxylic acids is 1. The van der Waals surface area contributed by atoms with Crippen molar-refractivity contribution in [3.05, 3.63) is 51.5 Å². The number of ether oxygens (including phenoxy) is 2. The second-order valence-corrected chi connectivity index (χ2v) is 7.73. The molecule has 0 unspecified atom stereocenters. The zero-order chi connectivity index (χ0) is 18.0. The van der Waals surface area contributed by atoms with Crippen LogP contribution < -0.4 is 14.4 Å². The first-order valence-electron chi connectivity index (χ1n) is 7.74. The lowest BCUT2D eigenvalue weighted by Gasteiger charge is -2.25. The van der Waals surface area contributed by atoms with Crippen LogP contribution in [0.25, 0.3) is 0 Å². The lowest BCUT2D eigenvalue weighted by molar-refractivity contribution is -0.115. The van der Waals surface area contributed by atoms with Gasteiger partial charge in [-0.2, -0.15) is 0 Å².